The molecule has 82 valence electrons. The normalized spacial score (nSPS) is 29.6. The van der Waals surface area contributed by atoms with Gasteiger partial charge in [0.15, 0.2) is 0 Å². The van der Waals surface area contributed by atoms with Crippen LogP contribution >= 0.6 is 0 Å². The Morgan fingerprint density at radius 3 is 2.71 bits per heavy atom. The minimum atomic E-state index is -0.0599. The summed E-state index contributed by atoms with van der Waals surface area (Å²) in [5, 5.41) is 6.05. The highest BCUT2D eigenvalue weighted by Crippen LogP contribution is 2.23. The van der Waals surface area contributed by atoms with Crippen molar-refractivity contribution in [2.75, 3.05) is 7.05 Å². The van der Waals surface area contributed by atoms with E-state index in [0.29, 0.717) is 6.04 Å². The van der Waals surface area contributed by atoms with Crippen molar-refractivity contribution in [2.24, 2.45) is 5.92 Å². The third-order valence-corrected chi connectivity index (χ3v) is 3.06. The van der Waals surface area contributed by atoms with Crippen LogP contribution in [-0.4, -0.2) is 25.0 Å². The van der Waals surface area contributed by atoms with Crippen molar-refractivity contribution in [3.05, 3.63) is 0 Å². The van der Waals surface area contributed by atoms with Gasteiger partial charge in [0, 0.05) is 13.1 Å². The summed E-state index contributed by atoms with van der Waals surface area (Å²) in [5.41, 5.74) is 0. The molecule has 14 heavy (non-hydrogen) atoms. The summed E-state index contributed by atoms with van der Waals surface area (Å²) in [4.78, 5) is 11.3. The van der Waals surface area contributed by atoms with E-state index >= 15 is 0 Å². The number of hydrogen-bond donors (Lipinski definition) is 2. The third kappa shape index (κ3) is 3.29. The number of likely N-dealkylation sites (N-methyl/N-ethyl adjacent to an activating group) is 1. The second-order valence-corrected chi connectivity index (χ2v) is 4.47. The zero-order valence-electron chi connectivity index (χ0n) is 9.47. The molecular formula is C11H22N2O. The number of carbonyl (C=O) groups is 1. The Morgan fingerprint density at radius 1 is 1.43 bits per heavy atom. The molecule has 0 radical (unpaired) electrons. The lowest BCUT2D eigenvalue weighted by atomic mass is 9.87. The number of carbonyl (C=O) groups excluding carboxylic acids is 1. The Labute approximate surface area is 86.6 Å². The maximum atomic E-state index is 11.3. The Morgan fingerprint density at radius 2 is 2.14 bits per heavy atom. The van der Waals surface area contributed by atoms with Crippen molar-refractivity contribution >= 4 is 5.91 Å². The van der Waals surface area contributed by atoms with E-state index in [1.54, 1.807) is 7.05 Å². The molecule has 1 amide bonds. The predicted molar refractivity (Wildman–Crippen MR) is 58.1 cm³/mol. The summed E-state index contributed by atoms with van der Waals surface area (Å²) in [6, 6.07) is 0.473. The van der Waals surface area contributed by atoms with E-state index in [4.69, 9.17) is 0 Å². The standard InChI is InChI=1S/C11H22N2O/c1-8-5-4-6-10(7-8)13-9(2)11(14)12-3/h8-10,13H,4-7H2,1-3H3,(H,12,14). The molecule has 0 spiro atoms. The molecule has 0 saturated heterocycles. The summed E-state index contributed by atoms with van der Waals surface area (Å²) in [6.45, 7) is 4.22. The van der Waals surface area contributed by atoms with Gasteiger partial charge in [0.2, 0.25) is 5.91 Å². The monoisotopic (exact) mass is 198 g/mol. The molecule has 0 aromatic rings. The molecule has 1 rings (SSSR count). The molecule has 3 nitrogen and oxygen atoms in total. The maximum Gasteiger partial charge on any atom is 0.236 e. The molecule has 3 unspecified atom stereocenters. The largest absolute Gasteiger partial charge is 0.358 e. The predicted octanol–water partition coefficient (Wildman–Crippen LogP) is 1.29. The minimum Gasteiger partial charge on any atom is -0.358 e. The summed E-state index contributed by atoms with van der Waals surface area (Å²) in [7, 11) is 1.68. The first-order valence-electron chi connectivity index (χ1n) is 5.61. The van der Waals surface area contributed by atoms with Crippen molar-refractivity contribution in [2.45, 2.75) is 51.6 Å². The molecule has 2 N–H and O–H groups in total. The van der Waals surface area contributed by atoms with Crippen molar-refractivity contribution in [1.82, 2.24) is 10.6 Å². The second-order valence-electron chi connectivity index (χ2n) is 4.47. The Hall–Kier alpha value is -0.570. The summed E-state index contributed by atoms with van der Waals surface area (Å²) in [6.07, 6.45) is 5.05. The van der Waals surface area contributed by atoms with Crippen LogP contribution in [0.4, 0.5) is 0 Å². The van der Waals surface area contributed by atoms with Gasteiger partial charge in [-0.15, -0.1) is 0 Å². The van der Waals surface area contributed by atoms with Gasteiger partial charge < -0.3 is 10.6 Å². The summed E-state index contributed by atoms with van der Waals surface area (Å²) in [5.74, 6) is 0.890. The zero-order chi connectivity index (χ0) is 10.6. The van der Waals surface area contributed by atoms with Crippen LogP contribution in [-0.2, 0) is 4.79 Å². The van der Waals surface area contributed by atoms with E-state index in [1.807, 2.05) is 6.92 Å². The fraction of sp³-hybridized carbons (Fsp3) is 0.909. The van der Waals surface area contributed by atoms with Gasteiger partial charge in [-0.3, -0.25) is 4.79 Å². The smallest absolute Gasteiger partial charge is 0.236 e. The molecule has 0 aromatic heterocycles. The first-order chi connectivity index (χ1) is 6.63. The van der Waals surface area contributed by atoms with Gasteiger partial charge in [-0.2, -0.15) is 0 Å². The molecule has 0 bridgehead atoms. The van der Waals surface area contributed by atoms with Crippen molar-refractivity contribution in [1.29, 1.82) is 0 Å². The average molecular weight is 198 g/mol. The van der Waals surface area contributed by atoms with Gasteiger partial charge >= 0.3 is 0 Å². The Balaban J connectivity index is 2.32. The van der Waals surface area contributed by atoms with E-state index in [2.05, 4.69) is 17.6 Å². The Bertz CT molecular complexity index is 194. The van der Waals surface area contributed by atoms with Gasteiger partial charge in [-0.25, -0.2) is 0 Å². The van der Waals surface area contributed by atoms with Crippen LogP contribution in [0, 0.1) is 5.92 Å². The molecule has 0 aliphatic heterocycles. The van der Waals surface area contributed by atoms with Crippen LogP contribution < -0.4 is 10.6 Å². The fourth-order valence-electron chi connectivity index (χ4n) is 2.23. The van der Waals surface area contributed by atoms with Crippen LogP contribution in [0.5, 0.6) is 0 Å². The fourth-order valence-corrected chi connectivity index (χ4v) is 2.23. The summed E-state index contributed by atoms with van der Waals surface area (Å²) < 4.78 is 0. The summed E-state index contributed by atoms with van der Waals surface area (Å²) >= 11 is 0. The topological polar surface area (TPSA) is 41.1 Å². The van der Waals surface area contributed by atoms with E-state index in [0.717, 1.165) is 5.92 Å². The van der Waals surface area contributed by atoms with E-state index in [1.165, 1.54) is 25.7 Å². The van der Waals surface area contributed by atoms with Crippen molar-refractivity contribution in [3.8, 4) is 0 Å². The van der Waals surface area contributed by atoms with Gasteiger partial charge in [0.25, 0.3) is 0 Å². The molecule has 1 saturated carbocycles. The van der Waals surface area contributed by atoms with Crippen LogP contribution in [0.25, 0.3) is 0 Å². The molecular weight excluding hydrogens is 176 g/mol. The average Bonchev–Trinajstić information content (AvgIpc) is 2.16. The second kappa shape index (κ2) is 5.35. The quantitative estimate of drug-likeness (QED) is 0.717. The molecule has 1 aliphatic carbocycles. The highest BCUT2D eigenvalue weighted by molar-refractivity contribution is 5.80. The van der Waals surface area contributed by atoms with Gasteiger partial charge in [-0.05, 0) is 25.7 Å². The van der Waals surface area contributed by atoms with E-state index < -0.39 is 0 Å². The first kappa shape index (κ1) is 11.5. The lowest BCUT2D eigenvalue weighted by Gasteiger charge is -2.29. The lowest BCUT2D eigenvalue weighted by Crippen LogP contribution is -2.46. The van der Waals surface area contributed by atoms with E-state index in [-0.39, 0.29) is 11.9 Å². The van der Waals surface area contributed by atoms with Gasteiger partial charge in [0.05, 0.1) is 6.04 Å². The van der Waals surface area contributed by atoms with Gasteiger partial charge in [-0.1, -0.05) is 19.8 Å². The van der Waals surface area contributed by atoms with Gasteiger partial charge in [0.1, 0.15) is 0 Å². The highest BCUT2D eigenvalue weighted by atomic mass is 16.2. The number of hydrogen-bond acceptors (Lipinski definition) is 2. The van der Waals surface area contributed by atoms with Crippen LogP contribution in [0.2, 0.25) is 0 Å². The number of nitrogens with one attached hydrogen (secondary N) is 2. The van der Waals surface area contributed by atoms with E-state index in [9.17, 15) is 4.79 Å². The highest BCUT2D eigenvalue weighted by Gasteiger charge is 2.21. The van der Waals surface area contributed by atoms with Crippen molar-refractivity contribution < 1.29 is 4.79 Å². The molecule has 1 aliphatic rings. The molecule has 0 heterocycles. The molecule has 0 aromatic carbocycles. The molecule has 1 fully saturated rings. The van der Waals surface area contributed by atoms with Crippen LogP contribution in [0.3, 0.4) is 0 Å². The number of amides is 1. The van der Waals surface area contributed by atoms with Crippen LogP contribution in [0.15, 0.2) is 0 Å². The molecule has 3 atom stereocenters. The zero-order valence-corrected chi connectivity index (χ0v) is 9.47. The molecule has 3 heteroatoms. The minimum absolute atomic E-state index is 0.0599. The first-order valence-corrected chi connectivity index (χ1v) is 5.61. The van der Waals surface area contributed by atoms with Crippen LogP contribution in [0.1, 0.15) is 39.5 Å². The lowest BCUT2D eigenvalue weighted by molar-refractivity contribution is -0.122. The SMILES string of the molecule is CNC(=O)C(C)NC1CCCC(C)C1. The third-order valence-electron chi connectivity index (χ3n) is 3.06. The van der Waals surface area contributed by atoms with Crippen molar-refractivity contribution in [3.63, 3.8) is 0 Å². The maximum absolute atomic E-state index is 11.3. The number of rotatable bonds is 3. The Kier molecular flexibility index (Phi) is 4.39.